The van der Waals surface area contributed by atoms with Crippen LogP contribution in [0.15, 0.2) is 58.0 Å². The molecule has 7 nitrogen and oxygen atoms in total. The minimum atomic E-state index is -0.330. The second kappa shape index (κ2) is 7.51. The van der Waals surface area contributed by atoms with Crippen molar-refractivity contribution in [2.24, 2.45) is 0 Å². The van der Waals surface area contributed by atoms with E-state index in [1.165, 1.54) is 18.3 Å². The van der Waals surface area contributed by atoms with Crippen LogP contribution in [0, 0.1) is 5.82 Å². The number of carbonyl (C=O) groups is 1. The third kappa shape index (κ3) is 3.40. The number of pyridine rings is 1. The lowest BCUT2D eigenvalue weighted by molar-refractivity contribution is 0.0930. The van der Waals surface area contributed by atoms with E-state index in [-0.39, 0.29) is 17.8 Å². The molecule has 1 atom stereocenters. The molecule has 0 aliphatic rings. The zero-order valence-corrected chi connectivity index (χ0v) is 16.4. The Hall–Kier alpha value is -3.07. The maximum atomic E-state index is 13.2. The van der Waals surface area contributed by atoms with Gasteiger partial charge < -0.3 is 9.84 Å². The van der Waals surface area contributed by atoms with Crippen LogP contribution >= 0.6 is 15.9 Å². The minimum absolute atomic E-state index is 0.295. The SMILES string of the molecule is CC[C@H](NC(=O)c1cncc2c1cnn2-c1ccc(F)cc1)c1cc(Br)no1. The van der Waals surface area contributed by atoms with E-state index in [0.717, 1.165) is 0 Å². The average molecular weight is 444 g/mol. The van der Waals surface area contributed by atoms with Crippen LogP contribution in [0.1, 0.15) is 35.5 Å². The van der Waals surface area contributed by atoms with E-state index in [2.05, 4.69) is 36.5 Å². The van der Waals surface area contributed by atoms with E-state index < -0.39 is 0 Å². The molecule has 0 spiro atoms. The quantitative estimate of drug-likeness (QED) is 0.499. The second-order valence-electron chi connectivity index (χ2n) is 6.14. The van der Waals surface area contributed by atoms with Crippen LogP contribution in [0.5, 0.6) is 0 Å². The van der Waals surface area contributed by atoms with Crippen molar-refractivity contribution >= 4 is 32.7 Å². The number of fused-ring (bicyclic) bond motifs is 1. The fraction of sp³-hybridized carbons (Fsp3) is 0.158. The van der Waals surface area contributed by atoms with Crippen LogP contribution in [0.2, 0.25) is 0 Å². The number of nitrogens with one attached hydrogen (secondary N) is 1. The van der Waals surface area contributed by atoms with Crippen LogP contribution in [-0.4, -0.2) is 25.8 Å². The molecule has 0 aliphatic heterocycles. The third-order valence-corrected chi connectivity index (χ3v) is 4.74. The van der Waals surface area contributed by atoms with Gasteiger partial charge in [-0.3, -0.25) is 9.78 Å². The van der Waals surface area contributed by atoms with Gasteiger partial charge in [0, 0.05) is 17.6 Å². The first-order valence-electron chi connectivity index (χ1n) is 8.57. The summed E-state index contributed by atoms with van der Waals surface area (Å²) in [6.45, 7) is 1.94. The number of aromatic nitrogens is 4. The molecule has 0 saturated carbocycles. The van der Waals surface area contributed by atoms with Gasteiger partial charge in [-0.05, 0) is 46.6 Å². The Labute approximate surface area is 167 Å². The fourth-order valence-electron chi connectivity index (χ4n) is 2.95. The molecule has 1 N–H and O–H groups in total. The highest BCUT2D eigenvalue weighted by Crippen LogP contribution is 2.24. The van der Waals surface area contributed by atoms with Gasteiger partial charge in [0.15, 0.2) is 5.76 Å². The van der Waals surface area contributed by atoms with Crippen LogP contribution in [0.25, 0.3) is 16.6 Å². The Kier molecular flexibility index (Phi) is 4.91. The van der Waals surface area contributed by atoms with Gasteiger partial charge in [0.05, 0.1) is 35.2 Å². The zero-order valence-electron chi connectivity index (χ0n) is 14.8. The van der Waals surface area contributed by atoms with Gasteiger partial charge in [0.1, 0.15) is 10.4 Å². The van der Waals surface area contributed by atoms with Crippen molar-refractivity contribution in [1.82, 2.24) is 25.2 Å². The number of rotatable bonds is 5. The Bertz CT molecular complexity index is 1140. The number of hydrogen-bond acceptors (Lipinski definition) is 5. The van der Waals surface area contributed by atoms with Gasteiger partial charge in [-0.15, -0.1) is 0 Å². The molecule has 142 valence electrons. The molecule has 1 amide bonds. The van der Waals surface area contributed by atoms with Gasteiger partial charge in [-0.25, -0.2) is 9.07 Å². The molecule has 0 bridgehead atoms. The third-order valence-electron chi connectivity index (χ3n) is 4.37. The van der Waals surface area contributed by atoms with Crippen LogP contribution in [-0.2, 0) is 0 Å². The van der Waals surface area contributed by atoms with Crippen molar-refractivity contribution in [3.63, 3.8) is 0 Å². The summed E-state index contributed by atoms with van der Waals surface area (Å²) in [5.41, 5.74) is 1.71. The standard InChI is InChI=1S/C19H15BrFN5O2/c1-2-15(17-7-18(20)25-28-17)24-19(27)14-8-22-10-16-13(14)9-23-26(16)12-5-3-11(21)4-6-12/h3-10,15H,2H2,1H3,(H,24,27)/t15-/m0/s1. The first-order valence-corrected chi connectivity index (χ1v) is 9.36. The van der Waals surface area contributed by atoms with Crippen molar-refractivity contribution in [1.29, 1.82) is 0 Å². The van der Waals surface area contributed by atoms with E-state index in [1.54, 1.807) is 35.3 Å². The van der Waals surface area contributed by atoms with Crippen molar-refractivity contribution in [3.05, 3.63) is 70.7 Å². The number of carbonyl (C=O) groups excluding carboxylic acids is 1. The molecular weight excluding hydrogens is 429 g/mol. The molecule has 0 saturated heterocycles. The molecule has 9 heteroatoms. The summed E-state index contributed by atoms with van der Waals surface area (Å²) in [4.78, 5) is 17.1. The molecule has 4 aromatic rings. The average Bonchev–Trinajstić information content (AvgIpc) is 3.32. The van der Waals surface area contributed by atoms with Gasteiger partial charge in [0.2, 0.25) is 0 Å². The highest BCUT2D eigenvalue weighted by Gasteiger charge is 2.21. The number of amides is 1. The topological polar surface area (TPSA) is 85.8 Å². The summed E-state index contributed by atoms with van der Waals surface area (Å²) in [5, 5.41) is 11.7. The van der Waals surface area contributed by atoms with Crippen molar-refractivity contribution in [3.8, 4) is 5.69 Å². The lowest BCUT2D eigenvalue weighted by atomic mass is 10.1. The number of hydrogen-bond donors (Lipinski definition) is 1. The van der Waals surface area contributed by atoms with Crippen LogP contribution < -0.4 is 5.32 Å². The Morgan fingerprint density at radius 2 is 2.07 bits per heavy atom. The molecule has 0 fully saturated rings. The van der Waals surface area contributed by atoms with E-state index in [1.807, 2.05) is 6.92 Å². The zero-order chi connectivity index (χ0) is 19.7. The number of benzene rings is 1. The number of nitrogens with zero attached hydrogens (tertiary/aromatic N) is 4. The predicted octanol–water partition coefficient (Wildman–Crippen LogP) is 4.19. The summed E-state index contributed by atoms with van der Waals surface area (Å²) in [6.07, 6.45) is 5.34. The molecule has 3 heterocycles. The molecule has 0 unspecified atom stereocenters. The molecule has 3 aromatic heterocycles. The lowest BCUT2D eigenvalue weighted by Gasteiger charge is -2.14. The first-order chi connectivity index (χ1) is 13.6. The van der Waals surface area contributed by atoms with Gasteiger partial charge in [-0.1, -0.05) is 12.1 Å². The summed E-state index contributed by atoms with van der Waals surface area (Å²) >= 11 is 3.24. The normalized spacial score (nSPS) is 12.2. The Morgan fingerprint density at radius 3 is 2.75 bits per heavy atom. The molecule has 4 rings (SSSR count). The van der Waals surface area contributed by atoms with E-state index in [0.29, 0.717) is 38.9 Å². The van der Waals surface area contributed by atoms with E-state index in [9.17, 15) is 9.18 Å². The highest BCUT2D eigenvalue weighted by atomic mass is 79.9. The van der Waals surface area contributed by atoms with Crippen molar-refractivity contribution in [2.75, 3.05) is 0 Å². The largest absolute Gasteiger partial charge is 0.358 e. The summed E-state index contributed by atoms with van der Waals surface area (Å²) in [5.74, 6) is -0.0657. The highest BCUT2D eigenvalue weighted by molar-refractivity contribution is 9.10. The molecule has 1 aromatic carbocycles. The maximum absolute atomic E-state index is 13.2. The lowest BCUT2D eigenvalue weighted by Crippen LogP contribution is -2.28. The van der Waals surface area contributed by atoms with Crippen LogP contribution in [0.4, 0.5) is 4.39 Å². The maximum Gasteiger partial charge on any atom is 0.254 e. The Morgan fingerprint density at radius 1 is 1.29 bits per heavy atom. The van der Waals surface area contributed by atoms with Gasteiger partial charge >= 0.3 is 0 Å². The summed E-state index contributed by atoms with van der Waals surface area (Å²) in [7, 11) is 0. The smallest absolute Gasteiger partial charge is 0.254 e. The van der Waals surface area contributed by atoms with Gasteiger partial charge in [-0.2, -0.15) is 5.10 Å². The number of halogens is 2. The molecule has 0 aliphatic carbocycles. The van der Waals surface area contributed by atoms with E-state index >= 15 is 0 Å². The van der Waals surface area contributed by atoms with E-state index in [4.69, 9.17) is 4.52 Å². The summed E-state index contributed by atoms with van der Waals surface area (Å²) in [6, 6.07) is 7.34. The Balaban J connectivity index is 1.67. The molecule has 0 radical (unpaired) electrons. The molecule has 28 heavy (non-hydrogen) atoms. The monoisotopic (exact) mass is 443 g/mol. The van der Waals surface area contributed by atoms with Crippen molar-refractivity contribution in [2.45, 2.75) is 19.4 Å². The second-order valence-corrected chi connectivity index (χ2v) is 6.95. The molecular formula is C19H15BrFN5O2. The van der Waals surface area contributed by atoms with Crippen molar-refractivity contribution < 1.29 is 13.7 Å². The van der Waals surface area contributed by atoms with Crippen LogP contribution in [0.3, 0.4) is 0 Å². The first kappa shape index (κ1) is 18.3. The minimum Gasteiger partial charge on any atom is -0.358 e. The summed E-state index contributed by atoms with van der Waals surface area (Å²) < 4.78 is 20.6. The fourth-order valence-corrected chi connectivity index (χ4v) is 3.25. The van der Waals surface area contributed by atoms with Gasteiger partial charge in [0.25, 0.3) is 5.91 Å². The predicted molar refractivity (Wildman–Crippen MR) is 104 cm³/mol.